The van der Waals surface area contributed by atoms with Crippen LogP contribution in [0, 0.1) is 0 Å². The molecule has 0 aromatic heterocycles. The first kappa shape index (κ1) is 24.9. The molecule has 2 aromatic carbocycles. The first-order valence-electron chi connectivity index (χ1n) is 12.4. The van der Waals surface area contributed by atoms with Crippen LogP contribution in [0.1, 0.15) is 51.2 Å². The number of hydrogen-bond donors (Lipinski definition) is 1. The Balaban J connectivity index is 1.60. The lowest BCUT2D eigenvalue weighted by Gasteiger charge is -2.35. The number of piperidine rings is 1. The number of carbonyl (C=O) groups excluding carboxylic acids is 3. The van der Waals surface area contributed by atoms with Crippen molar-refractivity contribution >= 4 is 17.9 Å². The van der Waals surface area contributed by atoms with Crippen molar-refractivity contribution in [1.82, 2.24) is 15.1 Å². The fourth-order valence-electron chi connectivity index (χ4n) is 5.15. The molecule has 35 heavy (non-hydrogen) atoms. The molecule has 2 aromatic rings. The molecule has 2 fully saturated rings. The molecular weight excluding hydrogens is 442 g/mol. The molecule has 2 aliphatic heterocycles. The van der Waals surface area contributed by atoms with Crippen molar-refractivity contribution in [3.8, 4) is 0 Å². The van der Waals surface area contributed by atoms with Gasteiger partial charge in [0.05, 0.1) is 0 Å². The summed E-state index contributed by atoms with van der Waals surface area (Å²) in [6, 6.07) is 19.2. The predicted octanol–water partition coefficient (Wildman–Crippen LogP) is 3.72. The fourth-order valence-corrected chi connectivity index (χ4v) is 5.15. The Morgan fingerprint density at radius 1 is 1.00 bits per heavy atom. The number of imide groups is 1. The van der Waals surface area contributed by atoms with Gasteiger partial charge in [0, 0.05) is 12.6 Å². The Morgan fingerprint density at radius 2 is 1.54 bits per heavy atom. The molecule has 0 spiro atoms. The lowest BCUT2D eigenvalue weighted by Crippen LogP contribution is -2.53. The molecule has 2 aliphatic rings. The van der Waals surface area contributed by atoms with Crippen LogP contribution in [0.4, 0.5) is 4.79 Å². The zero-order valence-corrected chi connectivity index (χ0v) is 20.8. The lowest BCUT2D eigenvalue weighted by atomic mass is 9.73. The standard InChI is InChI=1S/C28H35N3O4/c1-27(2,3)35-26(34)31(23-14-17-29-18-15-23)24(32)20-30-19-16-28(25(30)33,21-10-6-4-7-11-21)22-12-8-5-9-13-22/h4-13,23,29H,14-20H2,1-3H3. The molecule has 0 bridgehead atoms. The summed E-state index contributed by atoms with van der Waals surface area (Å²) in [4.78, 5) is 43.5. The predicted molar refractivity (Wildman–Crippen MR) is 134 cm³/mol. The topological polar surface area (TPSA) is 79.0 Å². The van der Waals surface area contributed by atoms with E-state index in [1.54, 1.807) is 25.7 Å². The molecule has 0 atom stereocenters. The van der Waals surface area contributed by atoms with E-state index in [-0.39, 0.29) is 18.5 Å². The minimum absolute atomic E-state index is 0.113. The van der Waals surface area contributed by atoms with Gasteiger partial charge in [-0.05, 0) is 64.3 Å². The fraction of sp³-hybridized carbons (Fsp3) is 0.464. The van der Waals surface area contributed by atoms with E-state index < -0.39 is 23.0 Å². The summed E-state index contributed by atoms with van der Waals surface area (Å²) in [5, 5.41) is 3.27. The third-order valence-corrected chi connectivity index (χ3v) is 6.80. The summed E-state index contributed by atoms with van der Waals surface area (Å²) in [6.45, 7) is 7.10. The molecule has 7 nitrogen and oxygen atoms in total. The summed E-state index contributed by atoms with van der Waals surface area (Å²) in [5.41, 5.74) is 0.248. The first-order chi connectivity index (χ1) is 16.7. The summed E-state index contributed by atoms with van der Waals surface area (Å²) >= 11 is 0. The summed E-state index contributed by atoms with van der Waals surface area (Å²) in [5.74, 6) is -0.505. The van der Waals surface area contributed by atoms with Gasteiger partial charge < -0.3 is 15.0 Å². The van der Waals surface area contributed by atoms with Gasteiger partial charge in [-0.2, -0.15) is 0 Å². The highest BCUT2D eigenvalue weighted by Gasteiger charge is 2.50. The Labute approximate surface area is 207 Å². The van der Waals surface area contributed by atoms with Crippen molar-refractivity contribution in [3.63, 3.8) is 0 Å². The number of rotatable bonds is 5. The number of ether oxygens (including phenoxy) is 1. The molecule has 0 saturated carbocycles. The summed E-state index contributed by atoms with van der Waals surface area (Å²) in [7, 11) is 0. The number of nitrogens with one attached hydrogen (secondary N) is 1. The van der Waals surface area contributed by atoms with Crippen LogP contribution >= 0.6 is 0 Å². The van der Waals surface area contributed by atoms with Gasteiger partial charge >= 0.3 is 6.09 Å². The lowest BCUT2D eigenvalue weighted by molar-refractivity contribution is -0.141. The second-order valence-corrected chi connectivity index (χ2v) is 10.3. The molecule has 0 aliphatic carbocycles. The average Bonchev–Trinajstić information content (AvgIpc) is 3.16. The number of benzene rings is 2. The van der Waals surface area contributed by atoms with Gasteiger partial charge in [0.1, 0.15) is 17.6 Å². The van der Waals surface area contributed by atoms with Crippen LogP contribution in [0.25, 0.3) is 0 Å². The zero-order chi connectivity index (χ0) is 25.1. The van der Waals surface area contributed by atoms with Gasteiger partial charge in [0.15, 0.2) is 0 Å². The van der Waals surface area contributed by atoms with Crippen LogP contribution in [0.5, 0.6) is 0 Å². The number of amides is 3. The molecule has 7 heteroatoms. The monoisotopic (exact) mass is 477 g/mol. The van der Waals surface area contributed by atoms with E-state index in [9.17, 15) is 14.4 Å². The average molecular weight is 478 g/mol. The van der Waals surface area contributed by atoms with E-state index >= 15 is 0 Å². The number of likely N-dealkylation sites (tertiary alicyclic amines) is 1. The van der Waals surface area contributed by atoms with E-state index in [0.29, 0.717) is 25.8 Å². The van der Waals surface area contributed by atoms with Crippen LogP contribution < -0.4 is 5.32 Å². The Kier molecular flexibility index (Phi) is 7.26. The summed E-state index contributed by atoms with van der Waals surface area (Å²) < 4.78 is 5.59. The highest BCUT2D eigenvalue weighted by molar-refractivity contribution is 5.99. The third kappa shape index (κ3) is 5.25. The van der Waals surface area contributed by atoms with Gasteiger partial charge in [-0.25, -0.2) is 9.69 Å². The van der Waals surface area contributed by atoms with Crippen LogP contribution in [-0.4, -0.2) is 65.5 Å². The first-order valence-corrected chi connectivity index (χ1v) is 12.4. The zero-order valence-electron chi connectivity index (χ0n) is 20.8. The smallest absolute Gasteiger partial charge is 0.417 e. The second-order valence-electron chi connectivity index (χ2n) is 10.3. The Morgan fingerprint density at radius 3 is 2.06 bits per heavy atom. The van der Waals surface area contributed by atoms with E-state index in [4.69, 9.17) is 4.74 Å². The number of hydrogen-bond acceptors (Lipinski definition) is 5. The van der Waals surface area contributed by atoms with Gasteiger partial charge in [0.25, 0.3) is 5.91 Å². The van der Waals surface area contributed by atoms with Crippen molar-refractivity contribution in [2.75, 3.05) is 26.2 Å². The van der Waals surface area contributed by atoms with Crippen molar-refractivity contribution < 1.29 is 19.1 Å². The number of carbonyl (C=O) groups is 3. The van der Waals surface area contributed by atoms with Crippen molar-refractivity contribution in [1.29, 1.82) is 0 Å². The van der Waals surface area contributed by atoms with Crippen LogP contribution in [0.3, 0.4) is 0 Å². The minimum atomic E-state index is -0.853. The van der Waals surface area contributed by atoms with E-state index in [1.165, 1.54) is 4.90 Å². The number of nitrogens with zero attached hydrogens (tertiary/aromatic N) is 2. The Hall–Kier alpha value is -3.19. The highest BCUT2D eigenvalue weighted by Crippen LogP contribution is 2.42. The maximum atomic E-state index is 14.0. The minimum Gasteiger partial charge on any atom is -0.443 e. The van der Waals surface area contributed by atoms with E-state index in [0.717, 1.165) is 24.2 Å². The van der Waals surface area contributed by atoms with E-state index in [2.05, 4.69) is 5.32 Å². The van der Waals surface area contributed by atoms with Crippen molar-refractivity contribution in [2.45, 2.75) is 57.1 Å². The van der Waals surface area contributed by atoms with Gasteiger partial charge in [-0.1, -0.05) is 60.7 Å². The van der Waals surface area contributed by atoms with Crippen molar-refractivity contribution in [2.24, 2.45) is 0 Å². The molecule has 186 valence electrons. The molecule has 2 saturated heterocycles. The van der Waals surface area contributed by atoms with Gasteiger partial charge in [-0.3, -0.25) is 9.59 Å². The second kappa shape index (κ2) is 10.2. The van der Waals surface area contributed by atoms with Gasteiger partial charge in [-0.15, -0.1) is 0 Å². The third-order valence-electron chi connectivity index (χ3n) is 6.80. The summed E-state index contributed by atoms with van der Waals surface area (Å²) in [6.07, 6.45) is 1.25. The SMILES string of the molecule is CC(C)(C)OC(=O)N(C(=O)CN1CCC(c2ccccc2)(c2ccccc2)C1=O)C1CCNCC1. The molecule has 4 rings (SSSR count). The van der Waals surface area contributed by atoms with Crippen LogP contribution in [0.15, 0.2) is 60.7 Å². The molecular formula is C28H35N3O4. The quantitative estimate of drug-likeness (QED) is 0.710. The molecule has 0 unspecified atom stereocenters. The van der Waals surface area contributed by atoms with E-state index in [1.807, 2.05) is 60.7 Å². The van der Waals surface area contributed by atoms with Gasteiger partial charge in [0.2, 0.25) is 5.91 Å². The largest absolute Gasteiger partial charge is 0.443 e. The molecule has 0 radical (unpaired) electrons. The maximum absolute atomic E-state index is 14.0. The van der Waals surface area contributed by atoms with Crippen molar-refractivity contribution in [3.05, 3.63) is 71.8 Å². The van der Waals surface area contributed by atoms with Crippen LogP contribution in [-0.2, 0) is 19.7 Å². The Bertz CT molecular complexity index is 1000. The molecule has 3 amide bonds. The van der Waals surface area contributed by atoms with Crippen LogP contribution in [0.2, 0.25) is 0 Å². The molecule has 2 heterocycles. The maximum Gasteiger partial charge on any atom is 0.417 e. The normalized spacial score (nSPS) is 18.4. The highest BCUT2D eigenvalue weighted by atomic mass is 16.6. The molecule has 1 N–H and O–H groups in total.